The summed E-state index contributed by atoms with van der Waals surface area (Å²) in [6.07, 6.45) is -2.18. The molecule has 24 heavy (non-hydrogen) atoms. The SMILES string of the molecule is Cc1nc(-c2cccc(C(F)(F)F)c2)nc2c1N1CCC[C@@H](C1)N2. The number of halogens is 3. The van der Waals surface area contributed by atoms with Crippen LogP contribution in [0.15, 0.2) is 24.3 Å². The lowest BCUT2D eigenvalue weighted by Crippen LogP contribution is -2.47. The first kappa shape index (κ1) is 15.2. The van der Waals surface area contributed by atoms with Crippen LogP contribution in [0.2, 0.25) is 0 Å². The molecule has 1 saturated heterocycles. The van der Waals surface area contributed by atoms with Crippen LogP contribution >= 0.6 is 0 Å². The molecule has 4 rings (SSSR count). The van der Waals surface area contributed by atoms with Gasteiger partial charge in [-0.2, -0.15) is 13.2 Å². The van der Waals surface area contributed by atoms with E-state index in [1.54, 1.807) is 6.07 Å². The molecule has 1 aromatic heterocycles. The number of fused-ring (bicyclic) bond motifs is 4. The molecule has 0 amide bonds. The molecular formula is C17H17F3N4. The predicted octanol–water partition coefficient (Wildman–Crippen LogP) is 3.87. The maximum Gasteiger partial charge on any atom is 0.416 e. The van der Waals surface area contributed by atoms with Crippen molar-refractivity contribution in [2.24, 2.45) is 0 Å². The van der Waals surface area contributed by atoms with Crippen molar-refractivity contribution in [3.05, 3.63) is 35.5 Å². The lowest BCUT2D eigenvalue weighted by atomic mass is 10.0. The fourth-order valence-electron chi connectivity index (χ4n) is 3.50. The Morgan fingerprint density at radius 1 is 1.25 bits per heavy atom. The summed E-state index contributed by atoms with van der Waals surface area (Å²) in [7, 11) is 0. The van der Waals surface area contributed by atoms with Crippen LogP contribution in [0.1, 0.15) is 24.1 Å². The Bertz CT molecular complexity index is 788. The highest BCUT2D eigenvalue weighted by Crippen LogP contribution is 2.37. The Hall–Kier alpha value is -2.31. The molecule has 0 unspecified atom stereocenters. The molecule has 0 saturated carbocycles. The van der Waals surface area contributed by atoms with Gasteiger partial charge >= 0.3 is 6.18 Å². The van der Waals surface area contributed by atoms with E-state index in [0.29, 0.717) is 17.4 Å². The predicted molar refractivity (Wildman–Crippen MR) is 86.1 cm³/mol. The smallest absolute Gasteiger partial charge is 0.365 e. The van der Waals surface area contributed by atoms with Crippen LogP contribution in [-0.4, -0.2) is 29.1 Å². The minimum atomic E-state index is -4.37. The molecule has 0 aliphatic carbocycles. The molecule has 2 aliphatic rings. The van der Waals surface area contributed by atoms with Crippen LogP contribution in [0.25, 0.3) is 11.4 Å². The van der Waals surface area contributed by atoms with Crippen LogP contribution in [-0.2, 0) is 6.18 Å². The number of piperidine rings is 1. The number of hydrogen-bond donors (Lipinski definition) is 1. The average Bonchev–Trinajstić information content (AvgIpc) is 2.53. The van der Waals surface area contributed by atoms with Crippen LogP contribution in [0.3, 0.4) is 0 Å². The molecule has 126 valence electrons. The summed E-state index contributed by atoms with van der Waals surface area (Å²) in [6, 6.07) is 5.51. The molecule has 2 aromatic rings. The number of nitrogens with one attached hydrogen (secondary N) is 1. The van der Waals surface area contributed by atoms with Gasteiger partial charge in [-0.05, 0) is 31.9 Å². The highest BCUT2D eigenvalue weighted by Gasteiger charge is 2.32. The lowest BCUT2D eigenvalue weighted by molar-refractivity contribution is -0.137. The minimum absolute atomic E-state index is 0.325. The largest absolute Gasteiger partial charge is 0.416 e. The number of benzene rings is 1. The van der Waals surface area contributed by atoms with Gasteiger partial charge in [-0.25, -0.2) is 9.97 Å². The third kappa shape index (κ3) is 2.57. The van der Waals surface area contributed by atoms with Crippen LogP contribution < -0.4 is 10.2 Å². The Morgan fingerprint density at radius 3 is 2.88 bits per heavy atom. The van der Waals surface area contributed by atoms with E-state index in [0.717, 1.165) is 55.3 Å². The van der Waals surface area contributed by atoms with Crippen molar-refractivity contribution in [1.29, 1.82) is 0 Å². The maximum absolute atomic E-state index is 12.9. The van der Waals surface area contributed by atoms with Crippen molar-refractivity contribution in [2.75, 3.05) is 23.3 Å². The summed E-state index contributed by atoms with van der Waals surface area (Å²) >= 11 is 0. The first-order chi connectivity index (χ1) is 11.4. The fraction of sp³-hybridized carbons (Fsp3) is 0.412. The van der Waals surface area contributed by atoms with Gasteiger partial charge in [0.05, 0.1) is 11.3 Å². The van der Waals surface area contributed by atoms with E-state index in [2.05, 4.69) is 20.2 Å². The number of rotatable bonds is 1. The van der Waals surface area contributed by atoms with Gasteiger partial charge in [-0.1, -0.05) is 12.1 Å². The third-order valence-electron chi connectivity index (χ3n) is 4.58. The Kier molecular flexibility index (Phi) is 3.40. The molecule has 7 heteroatoms. The topological polar surface area (TPSA) is 41.1 Å². The van der Waals surface area contributed by atoms with Crippen molar-refractivity contribution in [2.45, 2.75) is 32.0 Å². The van der Waals surface area contributed by atoms with Crippen molar-refractivity contribution in [3.63, 3.8) is 0 Å². The first-order valence-electron chi connectivity index (χ1n) is 7.99. The Labute approximate surface area is 137 Å². The summed E-state index contributed by atoms with van der Waals surface area (Å²) in [6.45, 7) is 3.78. The lowest BCUT2D eigenvalue weighted by Gasteiger charge is -2.41. The average molecular weight is 334 g/mol. The maximum atomic E-state index is 12.9. The second-order valence-electron chi connectivity index (χ2n) is 6.34. The standard InChI is InChI=1S/C17H17F3N4/c1-10-14-16(22-13-6-3-7-24(14)9-13)23-15(21-10)11-4-2-5-12(8-11)17(18,19)20/h2,4-5,8,13H,3,6-7,9H2,1H3,(H,21,22,23)/t13-/m0/s1. The summed E-state index contributed by atoms with van der Waals surface area (Å²) in [5.41, 5.74) is 1.46. The van der Waals surface area contributed by atoms with Crippen molar-refractivity contribution in [1.82, 2.24) is 9.97 Å². The number of anilines is 2. The van der Waals surface area contributed by atoms with E-state index in [1.807, 2.05) is 6.92 Å². The summed E-state index contributed by atoms with van der Waals surface area (Å²) in [5, 5.41) is 3.41. The molecule has 1 atom stereocenters. The third-order valence-corrected chi connectivity index (χ3v) is 4.58. The first-order valence-corrected chi connectivity index (χ1v) is 7.99. The van der Waals surface area contributed by atoms with Crippen molar-refractivity contribution < 1.29 is 13.2 Å². The second-order valence-corrected chi connectivity index (χ2v) is 6.34. The highest BCUT2D eigenvalue weighted by molar-refractivity contribution is 5.74. The molecule has 1 N–H and O–H groups in total. The van der Waals surface area contributed by atoms with Crippen molar-refractivity contribution >= 4 is 11.5 Å². The molecule has 2 aliphatic heterocycles. The molecule has 4 nitrogen and oxygen atoms in total. The Morgan fingerprint density at radius 2 is 2.08 bits per heavy atom. The van der Waals surface area contributed by atoms with Gasteiger partial charge in [0.15, 0.2) is 11.6 Å². The molecule has 0 spiro atoms. The number of aromatic nitrogens is 2. The van der Waals surface area contributed by atoms with E-state index in [1.165, 1.54) is 6.07 Å². The normalized spacial score (nSPS) is 19.7. The van der Waals surface area contributed by atoms with Gasteiger partial charge < -0.3 is 10.2 Å². The van der Waals surface area contributed by atoms with E-state index in [4.69, 9.17) is 0 Å². The van der Waals surface area contributed by atoms with E-state index in [-0.39, 0.29) is 0 Å². The number of alkyl halides is 3. The highest BCUT2D eigenvalue weighted by atomic mass is 19.4. The van der Waals surface area contributed by atoms with Gasteiger partial charge in [0, 0.05) is 24.7 Å². The number of hydrogen-bond acceptors (Lipinski definition) is 4. The molecule has 3 heterocycles. The molecule has 2 bridgehead atoms. The second kappa shape index (κ2) is 5.36. The van der Waals surface area contributed by atoms with Crippen LogP contribution in [0, 0.1) is 6.92 Å². The van der Waals surface area contributed by atoms with E-state index in [9.17, 15) is 13.2 Å². The number of nitrogens with zero attached hydrogens (tertiary/aromatic N) is 3. The fourth-order valence-corrected chi connectivity index (χ4v) is 3.50. The van der Waals surface area contributed by atoms with Crippen LogP contribution in [0.5, 0.6) is 0 Å². The minimum Gasteiger partial charge on any atom is -0.365 e. The van der Waals surface area contributed by atoms with E-state index >= 15 is 0 Å². The van der Waals surface area contributed by atoms with Gasteiger partial charge in [0.1, 0.15) is 5.69 Å². The quantitative estimate of drug-likeness (QED) is 0.860. The Balaban J connectivity index is 1.78. The van der Waals surface area contributed by atoms with Gasteiger partial charge in [-0.15, -0.1) is 0 Å². The zero-order chi connectivity index (χ0) is 16.9. The molecule has 1 aromatic carbocycles. The van der Waals surface area contributed by atoms with Gasteiger partial charge in [0.25, 0.3) is 0 Å². The molecular weight excluding hydrogens is 317 g/mol. The number of aryl methyl sites for hydroxylation is 1. The van der Waals surface area contributed by atoms with E-state index < -0.39 is 11.7 Å². The summed E-state index contributed by atoms with van der Waals surface area (Å²) < 4.78 is 38.8. The zero-order valence-corrected chi connectivity index (χ0v) is 13.2. The summed E-state index contributed by atoms with van der Waals surface area (Å²) in [4.78, 5) is 11.3. The van der Waals surface area contributed by atoms with Crippen LogP contribution in [0.4, 0.5) is 24.7 Å². The van der Waals surface area contributed by atoms with Crippen molar-refractivity contribution in [3.8, 4) is 11.4 Å². The monoisotopic (exact) mass is 334 g/mol. The summed E-state index contributed by atoms with van der Waals surface area (Å²) in [5.74, 6) is 1.05. The molecule has 1 fully saturated rings. The van der Waals surface area contributed by atoms with Gasteiger partial charge in [0.2, 0.25) is 0 Å². The van der Waals surface area contributed by atoms with Gasteiger partial charge in [-0.3, -0.25) is 0 Å². The zero-order valence-electron chi connectivity index (χ0n) is 13.2. The molecule has 0 radical (unpaired) electrons.